The highest BCUT2D eigenvalue weighted by molar-refractivity contribution is 5.17. The zero-order chi connectivity index (χ0) is 12.4. The van der Waals surface area contributed by atoms with E-state index in [0.29, 0.717) is 13.0 Å². The SMILES string of the molecule is OC1(Cc2ccccc2)CN(N2CCCC2)N=N1. The molecule has 1 N–H and O–H groups in total. The lowest BCUT2D eigenvalue weighted by atomic mass is 10.0. The first kappa shape index (κ1) is 11.6. The molecule has 1 fully saturated rings. The number of rotatable bonds is 3. The third kappa shape index (κ3) is 2.37. The number of nitrogens with zero attached hydrogens (tertiary/aromatic N) is 4. The van der Waals surface area contributed by atoms with E-state index in [4.69, 9.17) is 0 Å². The Balaban J connectivity index is 1.65. The van der Waals surface area contributed by atoms with E-state index in [0.717, 1.165) is 18.7 Å². The molecule has 5 heteroatoms. The van der Waals surface area contributed by atoms with Crippen LogP contribution in [0, 0.1) is 0 Å². The molecule has 0 aromatic heterocycles. The molecule has 0 spiro atoms. The van der Waals surface area contributed by atoms with Gasteiger partial charge in [0.15, 0.2) is 0 Å². The van der Waals surface area contributed by atoms with Gasteiger partial charge in [0.25, 0.3) is 0 Å². The van der Waals surface area contributed by atoms with Crippen molar-refractivity contribution in [3.8, 4) is 0 Å². The summed E-state index contributed by atoms with van der Waals surface area (Å²) in [4.78, 5) is 0. The van der Waals surface area contributed by atoms with Crippen LogP contribution in [0.4, 0.5) is 0 Å². The predicted octanol–water partition coefficient (Wildman–Crippen LogP) is 1.61. The molecule has 96 valence electrons. The molecule has 3 rings (SSSR count). The third-order valence-corrected chi connectivity index (χ3v) is 3.47. The molecule has 0 aliphatic carbocycles. The molecular formula is C13H18N4O. The Hall–Kier alpha value is -1.46. The average molecular weight is 246 g/mol. The van der Waals surface area contributed by atoms with Gasteiger partial charge in [-0.15, -0.1) is 5.11 Å². The summed E-state index contributed by atoms with van der Waals surface area (Å²) in [7, 11) is 0. The summed E-state index contributed by atoms with van der Waals surface area (Å²) < 4.78 is 0. The van der Waals surface area contributed by atoms with E-state index in [1.165, 1.54) is 12.8 Å². The van der Waals surface area contributed by atoms with E-state index in [2.05, 4.69) is 15.3 Å². The fourth-order valence-electron chi connectivity index (χ4n) is 2.53. The highest BCUT2D eigenvalue weighted by Gasteiger charge is 2.37. The molecule has 1 aromatic carbocycles. The highest BCUT2D eigenvalue weighted by Crippen LogP contribution is 2.26. The lowest BCUT2D eigenvalue weighted by Gasteiger charge is -2.26. The first-order valence-corrected chi connectivity index (χ1v) is 6.47. The van der Waals surface area contributed by atoms with Crippen molar-refractivity contribution in [2.45, 2.75) is 25.0 Å². The predicted molar refractivity (Wildman–Crippen MR) is 67.5 cm³/mol. The van der Waals surface area contributed by atoms with Gasteiger partial charge >= 0.3 is 0 Å². The summed E-state index contributed by atoms with van der Waals surface area (Å²) in [6, 6.07) is 9.93. The van der Waals surface area contributed by atoms with E-state index in [1.54, 1.807) is 0 Å². The van der Waals surface area contributed by atoms with Crippen molar-refractivity contribution in [2.75, 3.05) is 19.6 Å². The van der Waals surface area contributed by atoms with Crippen molar-refractivity contribution in [1.29, 1.82) is 0 Å². The summed E-state index contributed by atoms with van der Waals surface area (Å²) >= 11 is 0. The molecule has 1 unspecified atom stereocenters. The van der Waals surface area contributed by atoms with Gasteiger partial charge in [-0.1, -0.05) is 35.6 Å². The highest BCUT2D eigenvalue weighted by atomic mass is 16.3. The average Bonchev–Trinajstić information content (AvgIpc) is 3.00. The molecule has 0 saturated carbocycles. The zero-order valence-corrected chi connectivity index (χ0v) is 10.4. The molecular weight excluding hydrogens is 228 g/mol. The van der Waals surface area contributed by atoms with Crippen LogP contribution in [0.5, 0.6) is 0 Å². The van der Waals surface area contributed by atoms with Gasteiger partial charge in [0, 0.05) is 19.5 Å². The van der Waals surface area contributed by atoms with Crippen LogP contribution in [-0.2, 0) is 6.42 Å². The Morgan fingerprint density at radius 3 is 2.61 bits per heavy atom. The van der Waals surface area contributed by atoms with Gasteiger partial charge in [0.05, 0.1) is 0 Å². The molecule has 0 amide bonds. The second kappa shape index (κ2) is 4.66. The maximum atomic E-state index is 10.4. The van der Waals surface area contributed by atoms with E-state index in [9.17, 15) is 5.11 Å². The van der Waals surface area contributed by atoms with Crippen molar-refractivity contribution in [1.82, 2.24) is 10.1 Å². The van der Waals surface area contributed by atoms with Crippen molar-refractivity contribution in [3.05, 3.63) is 35.9 Å². The second-order valence-electron chi connectivity index (χ2n) is 5.03. The van der Waals surface area contributed by atoms with Gasteiger partial charge in [0.1, 0.15) is 6.54 Å². The van der Waals surface area contributed by atoms with E-state index in [1.807, 2.05) is 35.4 Å². The summed E-state index contributed by atoms with van der Waals surface area (Å²) in [6.45, 7) is 2.49. The Kier molecular flexibility index (Phi) is 3.01. The Labute approximate surface area is 107 Å². The normalized spacial score (nSPS) is 28.2. The lowest BCUT2D eigenvalue weighted by molar-refractivity contribution is -0.0369. The topological polar surface area (TPSA) is 51.4 Å². The number of benzene rings is 1. The fourth-order valence-corrected chi connectivity index (χ4v) is 2.53. The van der Waals surface area contributed by atoms with Crippen LogP contribution >= 0.6 is 0 Å². The van der Waals surface area contributed by atoms with Crippen molar-refractivity contribution >= 4 is 0 Å². The number of hydrogen-bond acceptors (Lipinski definition) is 5. The van der Waals surface area contributed by atoms with Gasteiger partial charge in [-0.05, 0) is 18.4 Å². The summed E-state index contributed by atoms with van der Waals surface area (Å²) in [5, 5.41) is 22.6. The zero-order valence-electron chi connectivity index (χ0n) is 10.4. The minimum Gasteiger partial charge on any atom is -0.366 e. The first-order valence-electron chi connectivity index (χ1n) is 6.47. The molecule has 1 saturated heterocycles. The van der Waals surface area contributed by atoms with E-state index < -0.39 is 5.72 Å². The third-order valence-electron chi connectivity index (χ3n) is 3.47. The minimum atomic E-state index is -1.08. The summed E-state index contributed by atoms with van der Waals surface area (Å²) in [6.07, 6.45) is 2.91. The molecule has 18 heavy (non-hydrogen) atoms. The van der Waals surface area contributed by atoms with Crippen LogP contribution in [0.15, 0.2) is 40.7 Å². The summed E-state index contributed by atoms with van der Waals surface area (Å²) in [5.41, 5.74) is 0.00597. The van der Waals surface area contributed by atoms with Crippen LogP contribution in [-0.4, -0.2) is 40.6 Å². The quantitative estimate of drug-likeness (QED) is 0.881. The Morgan fingerprint density at radius 1 is 1.17 bits per heavy atom. The second-order valence-corrected chi connectivity index (χ2v) is 5.03. The van der Waals surface area contributed by atoms with Crippen LogP contribution in [0.1, 0.15) is 18.4 Å². The van der Waals surface area contributed by atoms with Gasteiger partial charge in [-0.25, -0.2) is 10.1 Å². The molecule has 5 nitrogen and oxygen atoms in total. The van der Waals surface area contributed by atoms with Gasteiger partial charge in [-0.2, -0.15) is 0 Å². The van der Waals surface area contributed by atoms with E-state index >= 15 is 0 Å². The van der Waals surface area contributed by atoms with Crippen LogP contribution in [0.2, 0.25) is 0 Å². The Bertz CT molecular complexity index is 430. The standard InChI is InChI=1S/C13H18N4O/c18-13(10-12-6-2-1-3-7-12)11-17(15-14-13)16-8-4-5-9-16/h1-3,6-7,18H,4-5,8-11H2. The summed E-state index contributed by atoms with van der Waals surface area (Å²) in [5.74, 6) is 0. The number of aliphatic hydroxyl groups is 1. The van der Waals surface area contributed by atoms with Crippen molar-refractivity contribution in [3.63, 3.8) is 0 Å². The van der Waals surface area contributed by atoms with Crippen LogP contribution in [0.25, 0.3) is 0 Å². The maximum Gasteiger partial charge on any atom is 0.203 e. The molecule has 2 aliphatic heterocycles. The number of hydrogen-bond donors (Lipinski definition) is 1. The fraction of sp³-hybridized carbons (Fsp3) is 0.538. The molecule has 1 atom stereocenters. The lowest BCUT2D eigenvalue weighted by Crippen LogP contribution is -2.43. The minimum absolute atomic E-state index is 0.460. The Morgan fingerprint density at radius 2 is 1.89 bits per heavy atom. The van der Waals surface area contributed by atoms with E-state index in [-0.39, 0.29) is 0 Å². The largest absolute Gasteiger partial charge is 0.366 e. The van der Waals surface area contributed by atoms with Gasteiger partial charge in [0.2, 0.25) is 5.72 Å². The molecule has 0 radical (unpaired) electrons. The smallest absolute Gasteiger partial charge is 0.203 e. The monoisotopic (exact) mass is 246 g/mol. The van der Waals surface area contributed by atoms with Gasteiger partial charge < -0.3 is 5.11 Å². The van der Waals surface area contributed by atoms with Crippen molar-refractivity contribution < 1.29 is 5.11 Å². The maximum absolute atomic E-state index is 10.4. The first-order chi connectivity index (χ1) is 8.75. The number of hydrazine groups is 1. The van der Waals surface area contributed by atoms with Crippen molar-refractivity contribution in [2.24, 2.45) is 10.3 Å². The molecule has 2 aliphatic rings. The molecule has 1 aromatic rings. The van der Waals surface area contributed by atoms with Crippen LogP contribution < -0.4 is 0 Å². The number of β-amino-alcohol motifs (C(OH)–C–C–N with tert-alkyl or cyclic N) is 1. The molecule has 2 heterocycles. The van der Waals surface area contributed by atoms with Crippen LogP contribution in [0.3, 0.4) is 0 Å². The van der Waals surface area contributed by atoms with Gasteiger partial charge in [-0.3, -0.25) is 0 Å². The molecule has 0 bridgehead atoms.